The van der Waals surface area contributed by atoms with Crippen molar-refractivity contribution >= 4 is 39.9 Å². The SMILES string of the molecule is O=C(Nc1nccs1)C1CCCN1C(=O)CCC(=O)N1CCOc2ccccc21. The number of aromatic nitrogens is 1. The molecule has 3 heterocycles. The molecular formula is C20H22N4O4S. The van der Waals surface area contributed by atoms with Crippen LogP contribution in [0.3, 0.4) is 0 Å². The lowest BCUT2D eigenvalue weighted by atomic mass is 10.1. The summed E-state index contributed by atoms with van der Waals surface area (Å²) in [5.41, 5.74) is 0.734. The van der Waals surface area contributed by atoms with Gasteiger partial charge >= 0.3 is 0 Å². The molecule has 152 valence electrons. The Kier molecular flexibility index (Phi) is 5.75. The van der Waals surface area contributed by atoms with Crippen molar-refractivity contribution in [3.63, 3.8) is 0 Å². The minimum absolute atomic E-state index is 0.0827. The van der Waals surface area contributed by atoms with Gasteiger partial charge in [0.2, 0.25) is 17.7 Å². The summed E-state index contributed by atoms with van der Waals surface area (Å²) >= 11 is 1.34. The van der Waals surface area contributed by atoms with Gasteiger partial charge in [-0.15, -0.1) is 11.3 Å². The number of fused-ring (bicyclic) bond motifs is 1. The van der Waals surface area contributed by atoms with Crippen molar-refractivity contribution in [2.75, 3.05) is 29.9 Å². The summed E-state index contributed by atoms with van der Waals surface area (Å²) in [4.78, 5) is 45.3. The van der Waals surface area contributed by atoms with Crippen molar-refractivity contribution in [3.8, 4) is 5.75 Å². The van der Waals surface area contributed by atoms with Gasteiger partial charge in [0.15, 0.2) is 5.13 Å². The van der Waals surface area contributed by atoms with Gasteiger partial charge in [-0.05, 0) is 25.0 Å². The van der Waals surface area contributed by atoms with E-state index in [-0.39, 0.29) is 30.6 Å². The van der Waals surface area contributed by atoms with Crippen molar-refractivity contribution in [2.24, 2.45) is 0 Å². The van der Waals surface area contributed by atoms with Crippen molar-refractivity contribution in [2.45, 2.75) is 31.7 Å². The number of likely N-dealkylation sites (tertiary alicyclic amines) is 1. The molecule has 2 aliphatic rings. The van der Waals surface area contributed by atoms with E-state index >= 15 is 0 Å². The molecule has 2 aromatic rings. The summed E-state index contributed by atoms with van der Waals surface area (Å²) < 4.78 is 5.58. The Morgan fingerprint density at radius 3 is 2.83 bits per heavy atom. The molecule has 0 radical (unpaired) electrons. The third kappa shape index (κ3) is 4.24. The second-order valence-electron chi connectivity index (χ2n) is 6.93. The van der Waals surface area contributed by atoms with Gasteiger partial charge in [-0.3, -0.25) is 14.4 Å². The molecule has 29 heavy (non-hydrogen) atoms. The molecule has 9 heteroatoms. The average molecular weight is 414 g/mol. The van der Waals surface area contributed by atoms with E-state index in [0.29, 0.717) is 37.0 Å². The maximum atomic E-state index is 12.7. The average Bonchev–Trinajstić information content (AvgIpc) is 3.43. The first-order valence-electron chi connectivity index (χ1n) is 9.65. The highest BCUT2D eigenvalue weighted by Crippen LogP contribution is 2.31. The number of carbonyl (C=O) groups excluding carboxylic acids is 3. The fraction of sp³-hybridized carbons (Fsp3) is 0.400. The van der Waals surface area contributed by atoms with Crippen molar-refractivity contribution in [3.05, 3.63) is 35.8 Å². The number of hydrogen-bond acceptors (Lipinski definition) is 6. The fourth-order valence-corrected chi connectivity index (χ4v) is 4.26. The zero-order valence-electron chi connectivity index (χ0n) is 15.9. The number of rotatable bonds is 5. The normalized spacial score (nSPS) is 18.1. The van der Waals surface area contributed by atoms with Crippen LogP contribution in [-0.4, -0.2) is 53.3 Å². The lowest BCUT2D eigenvalue weighted by Crippen LogP contribution is -2.44. The summed E-state index contributed by atoms with van der Waals surface area (Å²) in [6, 6.07) is 6.88. The van der Waals surface area contributed by atoms with Crippen molar-refractivity contribution in [1.82, 2.24) is 9.88 Å². The van der Waals surface area contributed by atoms with Gasteiger partial charge in [0.25, 0.3) is 0 Å². The number of para-hydroxylation sites is 2. The smallest absolute Gasteiger partial charge is 0.248 e. The number of amides is 3. The monoisotopic (exact) mass is 414 g/mol. The highest BCUT2D eigenvalue weighted by atomic mass is 32.1. The van der Waals surface area contributed by atoms with Gasteiger partial charge < -0.3 is 19.9 Å². The predicted octanol–water partition coefficient (Wildman–Crippen LogP) is 2.28. The van der Waals surface area contributed by atoms with E-state index in [1.165, 1.54) is 11.3 Å². The highest BCUT2D eigenvalue weighted by molar-refractivity contribution is 7.13. The van der Waals surface area contributed by atoms with Crippen LogP contribution in [0.2, 0.25) is 0 Å². The minimum Gasteiger partial charge on any atom is -0.490 e. The molecule has 3 amide bonds. The second-order valence-corrected chi connectivity index (χ2v) is 7.83. The van der Waals surface area contributed by atoms with E-state index in [0.717, 1.165) is 12.1 Å². The molecule has 1 unspecified atom stereocenters. The molecule has 4 rings (SSSR count). The van der Waals surface area contributed by atoms with Gasteiger partial charge in [0.05, 0.1) is 12.2 Å². The lowest BCUT2D eigenvalue weighted by molar-refractivity contribution is -0.137. The zero-order chi connectivity index (χ0) is 20.2. The molecule has 1 fully saturated rings. The van der Waals surface area contributed by atoms with E-state index in [1.54, 1.807) is 21.4 Å². The zero-order valence-corrected chi connectivity index (χ0v) is 16.7. The van der Waals surface area contributed by atoms with Crippen LogP contribution in [0.4, 0.5) is 10.8 Å². The quantitative estimate of drug-likeness (QED) is 0.810. The topological polar surface area (TPSA) is 91.8 Å². The first-order chi connectivity index (χ1) is 14.1. The fourth-order valence-electron chi connectivity index (χ4n) is 3.73. The number of nitrogens with zero attached hydrogens (tertiary/aromatic N) is 3. The van der Waals surface area contributed by atoms with E-state index < -0.39 is 6.04 Å². The van der Waals surface area contributed by atoms with E-state index in [1.807, 2.05) is 24.3 Å². The molecule has 1 aromatic heterocycles. The van der Waals surface area contributed by atoms with Crippen LogP contribution in [0, 0.1) is 0 Å². The summed E-state index contributed by atoms with van der Waals surface area (Å²) in [5.74, 6) is 0.171. The Bertz CT molecular complexity index is 902. The van der Waals surface area contributed by atoms with Gasteiger partial charge in [-0.2, -0.15) is 0 Å². The number of hydrogen-bond donors (Lipinski definition) is 1. The summed E-state index contributed by atoms with van der Waals surface area (Å²) in [6.07, 6.45) is 3.19. The molecule has 0 bridgehead atoms. The van der Waals surface area contributed by atoms with Crippen LogP contribution in [-0.2, 0) is 14.4 Å². The Labute approximate surface area is 172 Å². The number of carbonyl (C=O) groups is 3. The molecule has 1 atom stereocenters. The minimum atomic E-state index is -0.509. The molecule has 8 nitrogen and oxygen atoms in total. The van der Waals surface area contributed by atoms with E-state index in [2.05, 4.69) is 10.3 Å². The lowest BCUT2D eigenvalue weighted by Gasteiger charge is -2.30. The van der Waals surface area contributed by atoms with Gasteiger partial charge in [0, 0.05) is 31.0 Å². The summed E-state index contributed by atoms with van der Waals surface area (Å²) in [7, 11) is 0. The van der Waals surface area contributed by atoms with Crippen molar-refractivity contribution < 1.29 is 19.1 Å². The van der Waals surface area contributed by atoms with Crippen LogP contribution in [0.5, 0.6) is 5.75 Å². The third-order valence-corrected chi connectivity index (χ3v) is 5.81. The molecule has 2 aliphatic heterocycles. The third-order valence-electron chi connectivity index (χ3n) is 5.12. The van der Waals surface area contributed by atoms with Crippen LogP contribution in [0.1, 0.15) is 25.7 Å². The molecule has 1 saturated heterocycles. The largest absolute Gasteiger partial charge is 0.490 e. The number of nitrogens with one attached hydrogen (secondary N) is 1. The predicted molar refractivity (Wildman–Crippen MR) is 109 cm³/mol. The van der Waals surface area contributed by atoms with E-state index in [4.69, 9.17) is 4.74 Å². The molecular weight excluding hydrogens is 392 g/mol. The summed E-state index contributed by atoms with van der Waals surface area (Å²) in [5, 5.41) is 5.07. The molecule has 0 spiro atoms. The van der Waals surface area contributed by atoms with Crippen LogP contribution < -0.4 is 15.0 Å². The first kappa shape index (κ1) is 19.4. The maximum Gasteiger partial charge on any atom is 0.248 e. The Hall–Kier alpha value is -2.94. The van der Waals surface area contributed by atoms with Crippen LogP contribution >= 0.6 is 11.3 Å². The molecule has 1 N–H and O–H groups in total. The van der Waals surface area contributed by atoms with Gasteiger partial charge in [-0.1, -0.05) is 12.1 Å². The molecule has 1 aromatic carbocycles. The Morgan fingerprint density at radius 2 is 2.00 bits per heavy atom. The van der Waals surface area contributed by atoms with Gasteiger partial charge in [0.1, 0.15) is 18.4 Å². The first-order valence-corrected chi connectivity index (χ1v) is 10.5. The number of benzene rings is 1. The highest BCUT2D eigenvalue weighted by Gasteiger charge is 2.34. The standard InChI is InChI=1S/C20H22N4O4S/c25-17(23-10-3-5-15(23)19(27)22-20-21-9-13-29-20)7-8-18(26)24-11-12-28-16-6-2-1-4-14(16)24/h1-2,4,6,9,13,15H,3,5,7-8,10-12H2,(H,21,22,27). The maximum absolute atomic E-state index is 12.7. The van der Waals surface area contributed by atoms with Crippen molar-refractivity contribution in [1.29, 1.82) is 0 Å². The molecule has 0 saturated carbocycles. The Morgan fingerprint density at radius 1 is 1.17 bits per heavy atom. The molecule has 0 aliphatic carbocycles. The number of thiazole rings is 1. The van der Waals surface area contributed by atoms with E-state index in [9.17, 15) is 14.4 Å². The van der Waals surface area contributed by atoms with Crippen LogP contribution in [0.15, 0.2) is 35.8 Å². The second kappa shape index (κ2) is 8.60. The number of anilines is 2. The Balaban J connectivity index is 1.34. The van der Waals surface area contributed by atoms with Gasteiger partial charge in [-0.25, -0.2) is 4.98 Å². The van der Waals surface area contributed by atoms with Crippen LogP contribution in [0.25, 0.3) is 0 Å². The number of ether oxygens (including phenoxy) is 1. The summed E-state index contributed by atoms with van der Waals surface area (Å²) in [6.45, 7) is 1.43.